The molecule has 1 saturated carbocycles. The second-order valence-electron chi connectivity index (χ2n) is 10.7. The topological polar surface area (TPSA) is 38.5 Å². The van der Waals surface area contributed by atoms with E-state index in [0.29, 0.717) is 11.4 Å². The van der Waals surface area contributed by atoms with Crippen LogP contribution >= 0.6 is 23.4 Å². The predicted molar refractivity (Wildman–Crippen MR) is 165 cm³/mol. The van der Waals surface area contributed by atoms with Gasteiger partial charge in [0, 0.05) is 22.1 Å². The fraction of sp³-hybridized carbons (Fsp3) is 0.412. The van der Waals surface area contributed by atoms with Crippen LogP contribution in [0.4, 0.5) is 5.69 Å². The Kier molecular flexibility index (Phi) is 9.88. The quantitative estimate of drug-likeness (QED) is 0.262. The number of carbonyl (C=O) groups is 1. The lowest BCUT2D eigenvalue weighted by molar-refractivity contribution is -0.368. The molecule has 5 rings (SSSR count). The Morgan fingerprint density at radius 3 is 2.20 bits per heavy atom. The number of methoxy groups -OCH3 is 1. The molecule has 0 radical (unpaired) electrons. The highest BCUT2D eigenvalue weighted by Crippen LogP contribution is 2.48. The van der Waals surface area contributed by atoms with Gasteiger partial charge in [0.05, 0.1) is 25.2 Å². The number of fused-ring (bicyclic) bond motifs is 1. The van der Waals surface area contributed by atoms with Gasteiger partial charge in [0.25, 0.3) is 0 Å². The van der Waals surface area contributed by atoms with E-state index in [0.717, 1.165) is 58.2 Å². The summed E-state index contributed by atoms with van der Waals surface area (Å²) in [5.74, 6) is 1.77. The molecule has 6 heteroatoms. The lowest BCUT2D eigenvalue weighted by Crippen LogP contribution is -2.26. The van der Waals surface area contributed by atoms with E-state index >= 15 is 0 Å². The highest BCUT2D eigenvalue weighted by Gasteiger charge is 2.41. The predicted octanol–water partition coefficient (Wildman–Crippen LogP) is 9.54. The molecule has 1 aliphatic heterocycles. The van der Waals surface area contributed by atoms with Crippen molar-refractivity contribution in [2.45, 2.75) is 87.4 Å². The summed E-state index contributed by atoms with van der Waals surface area (Å²) in [4.78, 5) is 14.9. The zero-order valence-corrected chi connectivity index (χ0v) is 25.1. The molecule has 3 aromatic carbocycles. The van der Waals surface area contributed by atoms with Crippen molar-refractivity contribution in [3.63, 3.8) is 0 Å². The minimum absolute atomic E-state index is 0.0602. The van der Waals surface area contributed by atoms with Crippen LogP contribution in [0.15, 0.2) is 71.6 Å². The fourth-order valence-electron chi connectivity index (χ4n) is 5.69. The average Bonchev–Trinajstić information content (AvgIpc) is 3.39. The summed E-state index contributed by atoms with van der Waals surface area (Å²) in [5.41, 5.74) is 4.00. The van der Waals surface area contributed by atoms with Crippen LogP contribution in [0.3, 0.4) is 0 Å². The Labute approximate surface area is 247 Å². The second kappa shape index (κ2) is 13.7. The maximum Gasteiger partial charge on any atom is 0.392 e. The Hall–Kier alpha value is -2.76. The van der Waals surface area contributed by atoms with Crippen molar-refractivity contribution >= 4 is 40.7 Å². The molecule has 0 N–H and O–H groups in total. The number of halogens is 1. The van der Waals surface area contributed by atoms with E-state index in [1.807, 2.05) is 54.0 Å². The van der Waals surface area contributed by atoms with E-state index in [1.54, 1.807) is 18.9 Å². The van der Waals surface area contributed by atoms with Crippen LogP contribution in [-0.2, 0) is 4.79 Å². The Balaban J connectivity index is 1.55. The average molecular weight is 577 g/mol. The van der Waals surface area contributed by atoms with E-state index in [9.17, 15) is 4.79 Å². The van der Waals surface area contributed by atoms with Crippen molar-refractivity contribution in [1.29, 1.82) is 0 Å². The molecule has 0 aromatic heterocycles. The van der Waals surface area contributed by atoms with Crippen molar-refractivity contribution in [3.05, 3.63) is 82.9 Å². The molecule has 4 nitrogen and oxygen atoms in total. The minimum Gasteiger partial charge on any atom is -0.497 e. The SMILES string of the molecule is CCCC(=O)[N+](=C1c2ccc(OC)cc2SC1c1ccc(Cl)cc1)c1ccc(OC2CCCCCCCC2)cc1. The molecule has 1 amide bonds. The summed E-state index contributed by atoms with van der Waals surface area (Å²) in [6.07, 6.45) is 11.5. The van der Waals surface area contributed by atoms with Crippen molar-refractivity contribution < 1.29 is 18.8 Å². The van der Waals surface area contributed by atoms with E-state index in [2.05, 4.69) is 24.3 Å². The molecule has 0 spiro atoms. The maximum absolute atomic E-state index is 13.8. The Bertz CT molecular complexity index is 1330. The van der Waals surface area contributed by atoms with Gasteiger partial charge >= 0.3 is 5.91 Å². The normalized spacial score (nSPS) is 19.2. The largest absolute Gasteiger partial charge is 0.497 e. The van der Waals surface area contributed by atoms with Gasteiger partial charge in [-0.2, -0.15) is 0 Å². The van der Waals surface area contributed by atoms with Crippen molar-refractivity contribution in [2.75, 3.05) is 7.11 Å². The van der Waals surface area contributed by atoms with Gasteiger partial charge in [-0.15, -0.1) is 16.3 Å². The van der Waals surface area contributed by atoms with Crippen LogP contribution < -0.4 is 9.47 Å². The van der Waals surface area contributed by atoms with Gasteiger partial charge in [0.15, 0.2) is 0 Å². The highest BCUT2D eigenvalue weighted by atomic mass is 35.5. The number of carbonyl (C=O) groups excluding carboxylic acids is 1. The minimum atomic E-state index is -0.0602. The number of rotatable bonds is 7. The van der Waals surface area contributed by atoms with Gasteiger partial charge in [-0.1, -0.05) is 56.3 Å². The fourth-order valence-corrected chi connectivity index (χ4v) is 7.19. The van der Waals surface area contributed by atoms with Crippen LogP contribution in [0.2, 0.25) is 5.02 Å². The number of ether oxygens (including phenoxy) is 2. The second-order valence-corrected chi connectivity index (χ2v) is 12.3. The Morgan fingerprint density at radius 1 is 0.900 bits per heavy atom. The standard InChI is InChI=1S/C34H39ClNO3S/c1-3-10-32(37)36(26-17-19-28(20-18-26)39-27-11-8-6-4-5-7-9-12-27)33-30-22-21-29(38-2)23-31(30)40-34(33)24-13-15-25(35)16-14-24/h13-23,27,34H,3-12H2,1-2H3/q+1. The number of nitrogens with zero attached hydrogens (tertiary/aromatic N) is 1. The van der Waals surface area contributed by atoms with Crippen LogP contribution in [0.25, 0.3) is 0 Å². The van der Waals surface area contributed by atoms with Crippen LogP contribution in [0.5, 0.6) is 11.5 Å². The zero-order chi connectivity index (χ0) is 27.9. The van der Waals surface area contributed by atoms with Crippen LogP contribution in [0, 0.1) is 0 Å². The molecular weight excluding hydrogens is 538 g/mol. The summed E-state index contributed by atoms with van der Waals surface area (Å²) < 4.78 is 13.9. The smallest absolute Gasteiger partial charge is 0.392 e. The Morgan fingerprint density at radius 2 is 1.55 bits per heavy atom. The van der Waals surface area contributed by atoms with Crippen molar-refractivity contribution in [2.24, 2.45) is 0 Å². The maximum atomic E-state index is 13.8. The molecule has 1 aliphatic carbocycles. The van der Waals surface area contributed by atoms with Gasteiger partial charge in [0.2, 0.25) is 11.4 Å². The molecule has 210 valence electrons. The lowest BCUT2D eigenvalue weighted by atomic mass is 10.0. The number of hydrogen-bond donors (Lipinski definition) is 0. The number of amides is 1. The third-order valence-corrected chi connectivity index (χ3v) is 9.36. The third kappa shape index (κ3) is 6.75. The van der Waals surface area contributed by atoms with Crippen molar-refractivity contribution in [1.82, 2.24) is 0 Å². The van der Waals surface area contributed by atoms with E-state index in [1.165, 1.54) is 38.5 Å². The van der Waals surface area contributed by atoms with Gasteiger partial charge in [0.1, 0.15) is 16.7 Å². The molecule has 2 aliphatic rings. The molecule has 0 saturated heterocycles. The first kappa shape index (κ1) is 28.8. The molecule has 40 heavy (non-hydrogen) atoms. The number of benzene rings is 3. The highest BCUT2D eigenvalue weighted by molar-refractivity contribution is 8.00. The number of thioether (sulfide) groups is 1. The molecule has 0 bridgehead atoms. The third-order valence-electron chi connectivity index (χ3n) is 7.78. The van der Waals surface area contributed by atoms with Crippen LogP contribution in [-0.4, -0.2) is 29.4 Å². The van der Waals surface area contributed by atoms with E-state index in [4.69, 9.17) is 21.1 Å². The van der Waals surface area contributed by atoms with Gasteiger partial charge in [-0.25, -0.2) is 4.79 Å². The molecule has 1 heterocycles. The molecule has 1 unspecified atom stereocenters. The van der Waals surface area contributed by atoms with E-state index < -0.39 is 0 Å². The first-order valence-corrected chi connectivity index (χ1v) is 15.9. The first-order chi connectivity index (χ1) is 19.6. The monoisotopic (exact) mass is 576 g/mol. The molecule has 1 atom stereocenters. The summed E-state index contributed by atoms with van der Waals surface area (Å²) in [6, 6.07) is 22.2. The summed E-state index contributed by atoms with van der Waals surface area (Å²) in [6.45, 7) is 2.05. The molecule has 1 fully saturated rings. The van der Waals surface area contributed by atoms with Crippen molar-refractivity contribution in [3.8, 4) is 11.5 Å². The van der Waals surface area contributed by atoms with E-state index in [-0.39, 0.29) is 17.3 Å². The van der Waals surface area contributed by atoms with Crippen LogP contribution in [0.1, 0.15) is 87.5 Å². The van der Waals surface area contributed by atoms with Gasteiger partial charge < -0.3 is 9.47 Å². The molecule has 3 aromatic rings. The summed E-state index contributed by atoms with van der Waals surface area (Å²) in [7, 11) is 1.68. The molecular formula is C34H39ClNO3S+. The number of hydrogen-bond acceptors (Lipinski definition) is 4. The lowest BCUT2D eigenvalue weighted by Gasteiger charge is -2.18. The zero-order valence-electron chi connectivity index (χ0n) is 23.5. The summed E-state index contributed by atoms with van der Waals surface area (Å²) >= 11 is 7.98. The van der Waals surface area contributed by atoms with Gasteiger partial charge in [-0.3, -0.25) is 0 Å². The first-order valence-electron chi connectivity index (χ1n) is 14.6. The van der Waals surface area contributed by atoms with Gasteiger partial charge in [-0.05, 0) is 80.1 Å². The summed E-state index contributed by atoms with van der Waals surface area (Å²) in [5, 5.41) is 0.636.